The number of H-pyrrole nitrogens is 1. The van der Waals surface area contributed by atoms with Crippen molar-refractivity contribution < 1.29 is 14.3 Å². The quantitative estimate of drug-likeness (QED) is 0.551. The highest BCUT2D eigenvalue weighted by Crippen LogP contribution is 2.30. The van der Waals surface area contributed by atoms with Crippen LogP contribution in [0.15, 0.2) is 48.8 Å². The molecular weight excluding hydrogens is 444 g/mol. The Morgan fingerprint density at radius 1 is 1.09 bits per heavy atom. The van der Waals surface area contributed by atoms with Crippen LogP contribution in [0.4, 0.5) is 11.5 Å². The molecule has 0 aliphatic carbocycles. The number of carbonyl (C=O) groups is 2. The van der Waals surface area contributed by atoms with E-state index >= 15 is 0 Å². The van der Waals surface area contributed by atoms with Crippen LogP contribution in [0.2, 0.25) is 0 Å². The lowest BCUT2D eigenvalue weighted by Gasteiger charge is -2.30. The zero-order chi connectivity index (χ0) is 24.2. The zero-order valence-electron chi connectivity index (χ0n) is 19.9. The van der Waals surface area contributed by atoms with Crippen LogP contribution in [0, 0.1) is 5.92 Å². The number of nitrogens with zero attached hydrogens (tertiary/aromatic N) is 4. The fourth-order valence-electron chi connectivity index (χ4n) is 4.70. The first kappa shape index (κ1) is 23.0. The number of likely N-dealkylation sites (tertiary alicyclic amines) is 1. The highest BCUT2D eigenvalue weighted by atomic mass is 16.5. The average molecular weight is 475 g/mol. The van der Waals surface area contributed by atoms with Crippen molar-refractivity contribution in [3.63, 3.8) is 0 Å². The third-order valence-corrected chi connectivity index (χ3v) is 6.67. The second-order valence-electron chi connectivity index (χ2n) is 8.91. The van der Waals surface area contributed by atoms with Gasteiger partial charge in [0.1, 0.15) is 17.8 Å². The van der Waals surface area contributed by atoms with E-state index in [0.717, 1.165) is 46.9 Å². The van der Waals surface area contributed by atoms with Gasteiger partial charge in [0.05, 0.1) is 18.6 Å². The Hall–Kier alpha value is -3.72. The summed E-state index contributed by atoms with van der Waals surface area (Å²) in [5.41, 5.74) is 3.51. The number of hydrogen-bond donors (Lipinski definition) is 2. The molecule has 2 aliphatic heterocycles. The van der Waals surface area contributed by atoms with Gasteiger partial charge in [0, 0.05) is 43.5 Å². The number of piperidine rings is 1. The maximum atomic E-state index is 12.8. The van der Waals surface area contributed by atoms with E-state index in [2.05, 4.69) is 31.2 Å². The van der Waals surface area contributed by atoms with Crippen molar-refractivity contribution in [3.8, 4) is 11.3 Å². The first-order chi connectivity index (χ1) is 17.1. The molecule has 2 fully saturated rings. The molecule has 0 radical (unpaired) electrons. The third-order valence-electron chi connectivity index (χ3n) is 6.67. The summed E-state index contributed by atoms with van der Waals surface area (Å²) in [6, 6.07) is 9.88. The summed E-state index contributed by atoms with van der Waals surface area (Å²) in [6.07, 6.45) is 6.26. The van der Waals surface area contributed by atoms with E-state index in [-0.39, 0.29) is 17.7 Å². The number of rotatable bonds is 5. The summed E-state index contributed by atoms with van der Waals surface area (Å²) >= 11 is 0. The predicted molar refractivity (Wildman–Crippen MR) is 135 cm³/mol. The molecule has 182 valence electrons. The summed E-state index contributed by atoms with van der Waals surface area (Å²) < 4.78 is 5.47. The molecule has 2 aliphatic rings. The normalized spacial score (nSPS) is 17.3. The molecule has 3 aromatic rings. The predicted octanol–water partition coefficient (Wildman–Crippen LogP) is 3.21. The van der Waals surface area contributed by atoms with Crippen molar-refractivity contribution in [2.24, 2.45) is 5.92 Å². The van der Waals surface area contributed by atoms with Crippen LogP contribution in [-0.2, 0) is 14.3 Å². The fourth-order valence-corrected chi connectivity index (χ4v) is 4.70. The Kier molecular flexibility index (Phi) is 6.76. The second kappa shape index (κ2) is 10.3. The summed E-state index contributed by atoms with van der Waals surface area (Å²) in [5, 5.41) is 4.02. The number of fused-ring (bicyclic) bond motifs is 1. The van der Waals surface area contributed by atoms with E-state index in [1.54, 1.807) is 23.4 Å². The molecular formula is C26H30N6O3. The van der Waals surface area contributed by atoms with Gasteiger partial charge in [0.2, 0.25) is 11.8 Å². The van der Waals surface area contributed by atoms with Crippen molar-refractivity contribution in [1.82, 2.24) is 19.9 Å². The molecule has 0 atom stereocenters. The van der Waals surface area contributed by atoms with Crippen LogP contribution in [0.25, 0.3) is 22.3 Å². The molecule has 0 spiro atoms. The molecule has 2 amide bonds. The number of carbonyl (C=O) groups excluding carboxylic acids is 2. The monoisotopic (exact) mass is 474 g/mol. The van der Waals surface area contributed by atoms with Gasteiger partial charge < -0.3 is 24.8 Å². The number of nitrogens with one attached hydrogen (secondary N) is 2. The van der Waals surface area contributed by atoms with Gasteiger partial charge in [-0.3, -0.25) is 9.59 Å². The van der Waals surface area contributed by atoms with Crippen LogP contribution in [0.5, 0.6) is 0 Å². The van der Waals surface area contributed by atoms with E-state index in [0.29, 0.717) is 39.1 Å². The molecule has 2 aromatic heterocycles. The fraction of sp³-hybridized carbons (Fsp3) is 0.385. The minimum atomic E-state index is -0.0878. The zero-order valence-corrected chi connectivity index (χ0v) is 19.9. The molecule has 2 N–H and O–H groups in total. The van der Waals surface area contributed by atoms with Gasteiger partial charge in [0.15, 0.2) is 0 Å². The molecule has 5 rings (SSSR count). The Morgan fingerprint density at radius 2 is 1.83 bits per heavy atom. The molecule has 9 heteroatoms. The van der Waals surface area contributed by atoms with Crippen LogP contribution < -0.4 is 10.2 Å². The van der Waals surface area contributed by atoms with Crippen molar-refractivity contribution in [3.05, 3.63) is 48.8 Å². The molecule has 0 unspecified atom stereocenters. The number of ether oxygens (including phenoxy) is 1. The van der Waals surface area contributed by atoms with Crippen molar-refractivity contribution in [2.75, 3.05) is 49.6 Å². The summed E-state index contributed by atoms with van der Waals surface area (Å²) in [6.45, 7) is 6.06. The minimum absolute atomic E-state index is 0.00641. The van der Waals surface area contributed by atoms with Crippen molar-refractivity contribution in [2.45, 2.75) is 19.8 Å². The lowest BCUT2D eigenvalue weighted by atomic mass is 9.95. The second-order valence-corrected chi connectivity index (χ2v) is 8.91. The van der Waals surface area contributed by atoms with E-state index in [1.165, 1.54) is 0 Å². The molecule has 2 saturated heterocycles. The van der Waals surface area contributed by atoms with Gasteiger partial charge in [-0.25, -0.2) is 9.97 Å². The highest BCUT2D eigenvalue weighted by Gasteiger charge is 2.26. The van der Waals surface area contributed by atoms with Crippen molar-refractivity contribution >= 4 is 34.4 Å². The number of hydrogen-bond acceptors (Lipinski definition) is 6. The largest absolute Gasteiger partial charge is 0.378 e. The Balaban J connectivity index is 1.24. The van der Waals surface area contributed by atoms with Crippen LogP contribution in [-0.4, -0.2) is 71.1 Å². The number of anilines is 2. The number of benzene rings is 1. The highest BCUT2D eigenvalue weighted by molar-refractivity contribution is 5.94. The Bertz CT molecular complexity index is 1220. The Morgan fingerprint density at radius 3 is 2.54 bits per heavy atom. The first-order valence-electron chi connectivity index (χ1n) is 12.1. The first-order valence-corrected chi connectivity index (χ1v) is 12.1. The van der Waals surface area contributed by atoms with E-state index in [4.69, 9.17) is 4.74 Å². The SMILES string of the molecule is C/C=C/C(=O)N1CCC(C(=O)Nc2ccc(-c3cc4c(N5CCOCC5)ncnc4[nH]3)cc2)CC1. The summed E-state index contributed by atoms with van der Waals surface area (Å²) in [5.74, 6) is 0.854. The standard InChI is InChI=1S/C26H30N6O3/c1-2-3-23(33)31-10-8-19(9-11-31)26(34)29-20-6-4-18(5-7-20)22-16-21-24(30-22)27-17-28-25(21)32-12-14-35-15-13-32/h2-7,16-17,19H,8-15H2,1H3,(H,29,34)(H,27,28,30)/b3-2+. The van der Waals surface area contributed by atoms with Gasteiger partial charge in [-0.15, -0.1) is 0 Å². The number of allylic oxidation sites excluding steroid dienone is 1. The molecule has 1 aromatic carbocycles. The number of morpholine rings is 1. The van der Waals surface area contributed by atoms with E-state index < -0.39 is 0 Å². The van der Waals surface area contributed by atoms with Gasteiger partial charge in [-0.1, -0.05) is 18.2 Å². The molecule has 4 heterocycles. The summed E-state index contributed by atoms with van der Waals surface area (Å²) in [7, 11) is 0. The van der Waals surface area contributed by atoms with E-state index in [9.17, 15) is 9.59 Å². The average Bonchev–Trinajstić information content (AvgIpc) is 3.34. The van der Waals surface area contributed by atoms with Gasteiger partial charge in [0.25, 0.3) is 0 Å². The minimum Gasteiger partial charge on any atom is -0.378 e. The Labute approximate surface area is 204 Å². The van der Waals surface area contributed by atoms with Crippen LogP contribution >= 0.6 is 0 Å². The summed E-state index contributed by atoms with van der Waals surface area (Å²) in [4.78, 5) is 41.1. The molecule has 0 bridgehead atoms. The lowest BCUT2D eigenvalue weighted by Crippen LogP contribution is -2.40. The van der Waals surface area contributed by atoms with Gasteiger partial charge >= 0.3 is 0 Å². The maximum Gasteiger partial charge on any atom is 0.246 e. The van der Waals surface area contributed by atoms with Gasteiger partial charge in [-0.05, 0) is 49.6 Å². The van der Waals surface area contributed by atoms with E-state index in [1.807, 2.05) is 31.2 Å². The molecule has 0 saturated carbocycles. The topological polar surface area (TPSA) is 103 Å². The van der Waals surface area contributed by atoms with Gasteiger partial charge in [-0.2, -0.15) is 0 Å². The number of amides is 2. The smallest absolute Gasteiger partial charge is 0.246 e. The molecule has 35 heavy (non-hydrogen) atoms. The molecule has 9 nitrogen and oxygen atoms in total. The number of aromatic nitrogens is 3. The lowest BCUT2D eigenvalue weighted by molar-refractivity contribution is -0.130. The van der Waals surface area contributed by atoms with Crippen LogP contribution in [0.3, 0.4) is 0 Å². The third kappa shape index (κ3) is 5.05. The number of aromatic amines is 1. The van der Waals surface area contributed by atoms with Crippen LogP contribution in [0.1, 0.15) is 19.8 Å². The maximum absolute atomic E-state index is 12.8. The van der Waals surface area contributed by atoms with Crippen molar-refractivity contribution in [1.29, 1.82) is 0 Å².